The van der Waals surface area contributed by atoms with Crippen LogP contribution >= 0.6 is 23.1 Å². The molecule has 9 heteroatoms. The van der Waals surface area contributed by atoms with Crippen molar-refractivity contribution in [3.8, 4) is 0 Å². The molecule has 0 fully saturated rings. The number of nitrogens with zero attached hydrogens (tertiary/aromatic N) is 1. The molecule has 0 spiro atoms. The van der Waals surface area contributed by atoms with E-state index in [2.05, 4.69) is 5.32 Å². The summed E-state index contributed by atoms with van der Waals surface area (Å²) in [5.41, 5.74) is 0.207. The number of thiophene rings is 1. The maximum absolute atomic E-state index is 11.9. The minimum Gasteiger partial charge on any atom is -0.462 e. The molecule has 0 unspecified atom stereocenters. The molecule has 23 heavy (non-hydrogen) atoms. The molecule has 0 aliphatic heterocycles. The maximum atomic E-state index is 11.9. The number of carbonyl (C=O) groups excluding carboxylic acids is 2. The standard InChI is InChI=1S/C14H12N2O5S2/c1-2-21-14(18)9-7-12(23-13(9)15-8-17)22-11-6-4-3-5-10(11)16(19)20/h3-8H,2H2,1H3,(H,15,17). The second kappa shape index (κ2) is 7.75. The third kappa shape index (κ3) is 4.08. The molecular weight excluding hydrogens is 340 g/mol. The topological polar surface area (TPSA) is 98.5 Å². The van der Waals surface area contributed by atoms with E-state index in [1.165, 1.54) is 6.07 Å². The molecule has 0 saturated carbocycles. The second-order valence-electron chi connectivity index (χ2n) is 4.12. The van der Waals surface area contributed by atoms with E-state index >= 15 is 0 Å². The number of rotatable bonds is 7. The highest BCUT2D eigenvalue weighted by molar-refractivity contribution is 8.01. The quantitative estimate of drug-likeness (QED) is 0.354. The van der Waals surface area contributed by atoms with E-state index < -0.39 is 10.9 Å². The first kappa shape index (κ1) is 17.0. The first-order chi connectivity index (χ1) is 11.1. The maximum Gasteiger partial charge on any atom is 0.341 e. The zero-order valence-corrected chi connectivity index (χ0v) is 13.6. The summed E-state index contributed by atoms with van der Waals surface area (Å²) >= 11 is 2.30. The zero-order valence-electron chi connectivity index (χ0n) is 12.0. The Balaban J connectivity index is 2.34. The average molecular weight is 352 g/mol. The lowest BCUT2D eigenvalue weighted by atomic mass is 10.3. The first-order valence-electron chi connectivity index (χ1n) is 6.49. The van der Waals surface area contributed by atoms with Crippen molar-refractivity contribution < 1.29 is 19.2 Å². The van der Waals surface area contributed by atoms with Gasteiger partial charge < -0.3 is 10.1 Å². The highest BCUT2D eigenvalue weighted by Crippen LogP contribution is 2.41. The Morgan fingerprint density at radius 2 is 2.22 bits per heavy atom. The van der Waals surface area contributed by atoms with E-state index in [0.29, 0.717) is 20.5 Å². The number of carbonyl (C=O) groups is 2. The molecule has 2 aromatic rings. The molecule has 0 radical (unpaired) electrons. The molecule has 7 nitrogen and oxygen atoms in total. The molecule has 1 aromatic heterocycles. The van der Waals surface area contributed by atoms with Gasteiger partial charge in [0.15, 0.2) is 0 Å². The summed E-state index contributed by atoms with van der Waals surface area (Å²) in [5.74, 6) is -0.553. The normalized spacial score (nSPS) is 10.1. The van der Waals surface area contributed by atoms with Gasteiger partial charge in [0.05, 0.1) is 26.2 Å². The van der Waals surface area contributed by atoms with Crippen molar-refractivity contribution in [1.82, 2.24) is 0 Å². The molecule has 1 amide bonds. The molecule has 0 saturated heterocycles. The van der Waals surface area contributed by atoms with Gasteiger partial charge in [-0.25, -0.2) is 4.79 Å². The van der Waals surface area contributed by atoms with Crippen molar-refractivity contribution in [1.29, 1.82) is 0 Å². The number of benzene rings is 1. The summed E-state index contributed by atoms with van der Waals surface area (Å²) in [6.45, 7) is 1.89. The number of anilines is 1. The fourth-order valence-electron chi connectivity index (χ4n) is 1.74. The molecule has 0 atom stereocenters. The zero-order chi connectivity index (χ0) is 16.8. The van der Waals surface area contributed by atoms with Gasteiger partial charge in [-0.2, -0.15) is 0 Å². The van der Waals surface area contributed by atoms with Gasteiger partial charge >= 0.3 is 5.97 Å². The van der Waals surface area contributed by atoms with Crippen LogP contribution < -0.4 is 5.32 Å². The van der Waals surface area contributed by atoms with Gasteiger partial charge in [0.25, 0.3) is 5.69 Å². The van der Waals surface area contributed by atoms with E-state index in [1.54, 1.807) is 31.2 Å². The predicted molar refractivity (Wildman–Crippen MR) is 87.2 cm³/mol. The summed E-state index contributed by atoms with van der Waals surface area (Å²) in [4.78, 5) is 33.6. The molecule has 1 N–H and O–H groups in total. The van der Waals surface area contributed by atoms with Crippen molar-refractivity contribution in [3.63, 3.8) is 0 Å². The van der Waals surface area contributed by atoms with Crippen LogP contribution in [0.2, 0.25) is 0 Å². The van der Waals surface area contributed by atoms with E-state index in [9.17, 15) is 19.7 Å². The molecule has 120 valence electrons. The SMILES string of the molecule is CCOC(=O)c1cc(Sc2ccccc2[N+](=O)[O-])sc1NC=O. The number of ether oxygens (including phenoxy) is 1. The van der Waals surface area contributed by atoms with E-state index in [4.69, 9.17) is 4.74 Å². The van der Waals surface area contributed by atoms with Crippen molar-refractivity contribution in [2.75, 3.05) is 11.9 Å². The Morgan fingerprint density at radius 1 is 1.48 bits per heavy atom. The average Bonchev–Trinajstić information content (AvgIpc) is 2.91. The van der Waals surface area contributed by atoms with Gasteiger partial charge in [-0.05, 0) is 19.1 Å². The van der Waals surface area contributed by atoms with Crippen LogP contribution in [0.25, 0.3) is 0 Å². The number of hydrogen-bond donors (Lipinski definition) is 1. The summed E-state index contributed by atoms with van der Waals surface area (Å²) in [7, 11) is 0. The number of nitrogens with one attached hydrogen (secondary N) is 1. The Morgan fingerprint density at radius 3 is 2.87 bits per heavy atom. The van der Waals surface area contributed by atoms with Crippen LogP contribution in [0.1, 0.15) is 17.3 Å². The summed E-state index contributed by atoms with van der Waals surface area (Å²) < 4.78 is 5.57. The minimum atomic E-state index is -0.553. The summed E-state index contributed by atoms with van der Waals surface area (Å²) in [6.07, 6.45) is 0.466. The number of hydrogen-bond acceptors (Lipinski definition) is 7. The third-order valence-electron chi connectivity index (χ3n) is 2.67. The van der Waals surface area contributed by atoms with Gasteiger partial charge in [0.2, 0.25) is 6.41 Å². The molecule has 0 aliphatic carbocycles. The van der Waals surface area contributed by atoms with Gasteiger partial charge in [0, 0.05) is 6.07 Å². The molecule has 0 bridgehead atoms. The van der Waals surface area contributed by atoms with Crippen LogP contribution in [-0.4, -0.2) is 23.9 Å². The fourth-order valence-corrected chi connectivity index (χ4v) is 3.95. The van der Waals surface area contributed by atoms with Crippen LogP contribution in [0.5, 0.6) is 0 Å². The fraction of sp³-hybridized carbons (Fsp3) is 0.143. The van der Waals surface area contributed by atoms with Gasteiger partial charge in [0.1, 0.15) is 5.00 Å². The lowest BCUT2D eigenvalue weighted by Gasteiger charge is -2.01. The summed E-state index contributed by atoms with van der Waals surface area (Å²) in [6, 6.07) is 7.86. The number of amides is 1. The van der Waals surface area contributed by atoms with Crippen molar-refractivity contribution >= 4 is 46.2 Å². The van der Waals surface area contributed by atoms with E-state index in [1.807, 2.05) is 0 Å². The third-order valence-corrected chi connectivity index (χ3v) is 4.91. The van der Waals surface area contributed by atoms with E-state index in [0.717, 1.165) is 23.1 Å². The van der Waals surface area contributed by atoms with Gasteiger partial charge in [-0.1, -0.05) is 23.9 Å². The molecule has 0 aliphatic rings. The van der Waals surface area contributed by atoms with E-state index in [-0.39, 0.29) is 17.9 Å². The molecule has 2 rings (SSSR count). The van der Waals surface area contributed by atoms with Gasteiger partial charge in [-0.3, -0.25) is 14.9 Å². The Bertz CT molecular complexity index is 745. The monoisotopic (exact) mass is 352 g/mol. The first-order valence-corrected chi connectivity index (χ1v) is 8.12. The molecule has 1 heterocycles. The van der Waals surface area contributed by atoms with Crippen molar-refractivity contribution in [2.45, 2.75) is 16.0 Å². The van der Waals surface area contributed by atoms with Crippen molar-refractivity contribution in [3.05, 3.63) is 46.0 Å². The highest BCUT2D eigenvalue weighted by atomic mass is 32.2. The lowest BCUT2D eigenvalue weighted by Crippen LogP contribution is -2.06. The van der Waals surface area contributed by atoms with Gasteiger partial charge in [-0.15, -0.1) is 11.3 Å². The number of para-hydroxylation sites is 1. The second-order valence-corrected chi connectivity index (χ2v) is 6.51. The Hall–Kier alpha value is -2.39. The van der Waals surface area contributed by atoms with Crippen LogP contribution in [0.3, 0.4) is 0 Å². The molecule has 1 aromatic carbocycles. The van der Waals surface area contributed by atoms with Crippen LogP contribution in [0.15, 0.2) is 39.4 Å². The van der Waals surface area contributed by atoms with Crippen LogP contribution in [-0.2, 0) is 9.53 Å². The summed E-state index contributed by atoms with van der Waals surface area (Å²) in [5, 5.41) is 13.8. The number of nitro benzene ring substituents is 1. The largest absolute Gasteiger partial charge is 0.462 e. The Labute approximate surface area is 139 Å². The number of esters is 1. The highest BCUT2D eigenvalue weighted by Gasteiger charge is 2.20. The lowest BCUT2D eigenvalue weighted by molar-refractivity contribution is -0.387. The smallest absolute Gasteiger partial charge is 0.341 e. The minimum absolute atomic E-state index is 0.0199. The van der Waals surface area contributed by atoms with Crippen LogP contribution in [0, 0.1) is 10.1 Å². The molecular formula is C14H12N2O5S2. The number of nitro groups is 1. The Kier molecular flexibility index (Phi) is 5.72. The predicted octanol–water partition coefficient (Wildman–Crippen LogP) is 3.55. The van der Waals surface area contributed by atoms with Crippen molar-refractivity contribution in [2.24, 2.45) is 0 Å². The van der Waals surface area contributed by atoms with Crippen LogP contribution in [0.4, 0.5) is 10.7 Å².